The molecule has 0 aliphatic rings. The van der Waals surface area contributed by atoms with Gasteiger partial charge in [0, 0.05) is 17.5 Å². The average molecular weight is 177 g/mol. The summed E-state index contributed by atoms with van der Waals surface area (Å²) in [4.78, 5) is 4.25. The van der Waals surface area contributed by atoms with E-state index in [-0.39, 0.29) is 5.88 Å². The molecule has 0 aliphatic heterocycles. The lowest BCUT2D eigenvalue weighted by Gasteiger charge is -2.01. The highest BCUT2D eigenvalue weighted by molar-refractivity contribution is 5.43. The van der Waals surface area contributed by atoms with Crippen LogP contribution in [0.15, 0.2) is 12.1 Å². The fraction of sp³-hybridized carbons (Fsp3) is 0.333. The fourth-order valence-electron chi connectivity index (χ4n) is 1.42. The van der Waals surface area contributed by atoms with Gasteiger partial charge in [0.05, 0.1) is 0 Å². The third-order valence-corrected chi connectivity index (χ3v) is 1.98. The molecule has 2 rings (SSSR count). The molecule has 4 heteroatoms. The molecule has 2 aromatic rings. The maximum atomic E-state index is 9.20. The highest BCUT2D eigenvalue weighted by Gasteiger charge is 2.05. The number of aromatic hydroxyl groups is 1. The Kier molecular flexibility index (Phi) is 1.69. The van der Waals surface area contributed by atoms with E-state index in [1.807, 2.05) is 19.9 Å². The predicted molar refractivity (Wildman–Crippen MR) is 48.8 cm³/mol. The van der Waals surface area contributed by atoms with E-state index < -0.39 is 0 Å². The van der Waals surface area contributed by atoms with Crippen molar-refractivity contribution in [2.75, 3.05) is 0 Å². The van der Waals surface area contributed by atoms with Crippen molar-refractivity contribution in [3.05, 3.63) is 23.5 Å². The van der Waals surface area contributed by atoms with E-state index in [0.717, 1.165) is 17.8 Å². The molecule has 2 heterocycles. The summed E-state index contributed by atoms with van der Waals surface area (Å²) in [6, 6.07) is 3.53. The van der Waals surface area contributed by atoms with Gasteiger partial charge < -0.3 is 5.11 Å². The number of nitrogens with zero attached hydrogens (tertiary/aromatic N) is 3. The first-order chi connectivity index (χ1) is 6.20. The molecule has 0 radical (unpaired) electrons. The minimum Gasteiger partial charge on any atom is -0.492 e. The van der Waals surface area contributed by atoms with Gasteiger partial charge in [-0.05, 0) is 19.4 Å². The van der Waals surface area contributed by atoms with Gasteiger partial charge in [-0.1, -0.05) is 6.92 Å². The first kappa shape index (κ1) is 8.04. The van der Waals surface area contributed by atoms with Crippen molar-refractivity contribution in [1.29, 1.82) is 0 Å². The zero-order valence-electron chi connectivity index (χ0n) is 7.65. The van der Waals surface area contributed by atoms with Crippen molar-refractivity contribution in [3.63, 3.8) is 0 Å². The van der Waals surface area contributed by atoms with Crippen molar-refractivity contribution in [3.8, 4) is 5.88 Å². The molecule has 2 aromatic heterocycles. The number of aromatic nitrogens is 3. The Morgan fingerprint density at radius 2 is 2.23 bits per heavy atom. The Morgan fingerprint density at radius 1 is 1.46 bits per heavy atom. The quantitative estimate of drug-likeness (QED) is 0.714. The lowest BCUT2D eigenvalue weighted by Crippen LogP contribution is -2.00. The standard InChI is InChI=1S/C9H11N3O/c1-3-7-4-6(2)10-8-5-9(13)11-12(7)8/h4-5H,3H2,1-2H3,(H,11,13). The van der Waals surface area contributed by atoms with E-state index >= 15 is 0 Å². The maximum Gasteiger partial charge on any atom is 0.233 e. The maximum absolute atomic E-state index is 9.20. The van der Waals surface area contributed by atoms with Crippen LogP contribution in [0, 0.1) is 6.92 Å². The molecule has 4 nitrogen and oxygen atoms in total. The molecule has 0 saturated heterocycles. The molecule has 68 valence electrons. The summed E-state index contributed by atoms with van der Waals surface area (Å²) in [6.45, 7) is 3.98. The van der Waals surface area contributed by atoms with Crippen LogP contribution >= 0.6 is 0 Å². The van der Waals surface area contributed by atoms with Crippen LogP contribution in [-0.4, -0.2) is 19.7 Å². The topological polar surface area (TPSA) is 50.4 Å². The second-order valence-electron chi connectivity index (χ2n) is 3.01. The molecule has 0 aliphatic carbocycles. The first-order valence-corrected chi connectivity index (χ1v) is 4.26. The molecule has 13 heavy (non-hydrogen) atoms. The third kappa shape index (κ3) is 1.24. The van der Waals surface area contributed by atoms with Crippen molar-refractivity contribution in [2.24, 2.45) is 0 Å². The van der Waals surface area contributed by atoms with Gasteiger partial charge in [-0.25, -0.2) is 9.50 Å². The molecule has 0 fully saturated rings. The molecule has 0 unspecified atom stereocenters. The Balaban J connectivity index is 2.80. The van der Waals surface area contributed by atoms with Gasteiger partial charge in [-0.2, -0.15) is 0 Å². The van der Waals surface area contributed by atoms with Crippen LogP contribution in [0.1, 0.15) is 18.3 Å². The van der Waals surface area contributed by atoms with Crippen molar-refractivity contribution < 1.29 is 5.11 Å². The summed E-state index contributed by atoms with van der Waals surface area (Å²) >= 11 is 0. The Labute approximate surface area is 75.8 Å². The second-order valence-corrected chi connectivity index (χ2v) is 3.01. The Bertz CT molecular complexity index is 447. The van der Waals surface area contributed by atoms with Gasteiger partial charge >= 0.3 is 0 Å². The molecular weight excluding hydrogens is 166 g/mol. The molecule has 0 saturated carbocycles. The Morgan fingerprint density at radius 3 is 2.92 bits per heavy atom. The molecule has 0 atom stereocenters. The number of fused-ring (bicyclic) bond motifs is 1. The third-order valence-electron chi connectivity index (χ3n) is 1.98. The number of rotatable bonds is 1. The van der Waals surface area contributed by atoms with Gasteiger partial charge in [-0.3, -0.25) is 0 Å². The molecule has 0 amide bonds. The van der Waals surface area contributed by atoms with E-state index in [4.69, 9.17) is 0 Å². The van der Waals surface area contributed by atoms with E-state index in [0.29, 0.717) is 5.65 Å². The first-order valence-electron chi connectivity index (χ1n) is 4.26. The molecular formula is C9H11N3O. The SMILES string of the molecule is CCc1cc(C)nc2cc(O)nn12. The van der Waals surface area contributed by atoms with E-state index in [2.05, 4.69) is 10.1 Å². The van der Waals surface area contributed by atoms with Gasteiger partial charge in [0.25, 0.3) is 0 Å². The minimum atomic E-state index is 0.0211. The molecule has 0 aromatic carbocycles. The summed E-state index contributed by atoms with van der Waals surface area (Å²) < 4.78 is 1.67. The summed E-state index contributed by atoms with van der Waals surface area (Å²) in [5, 5.41) is 13.1. The monoisotopic (exact) mass is 177 g/mol. The molecule has 0 spiro atoms. The van der Waals surface area contributed by atoms with Crippen LogP contribution < -0.4 is 0 Å². The Hall–Kier alpha value is -1.58. The van der Waals surface area contributed by atoms with Crippen molar-refractivity contribution in [1.82, 2.24) is 14.6 Å². The fourth-order valence-corrected chi connectivity index (χ4v) is 1.42. The van der Waals surface area contributed by atoms with Crippen LogP contribution in [0.25, 0.3) is 5.65 Å². The van der Waals surface area contributed by atoms with Crippen LogP contribution in [-0.2, 0) is 6.42 Å². The van der Waals surface area contributed by atoms with E-state index in [1.54, 1.807) is 10.6 Å². The van der Waals surface area contributed by atoms with Gasteiger partial charge in [-0.15, -0.1) is 5.10 Å². The highest BCUT2D eigenvalue weighted by Crippen LogP contribution is 2.13. The summed E-state index contributed by atoms with van der Waals surface area (Å²) in [5.74, 6) is 0.0211. The lowest BCUT2D eigenvalue weighted by atomic mass is 10.3. The average Bonchev–Trinajstić information content (AvgIpc) is 2.43. The summed E-state index contributed by atoms with van der Waals surface area (Å²) in [7, 11) is 0. The highest BCUT2D eigenvalue weighted by atomic mass is 16.3. The lowest BCUT2D eigenvalue weighted by molar-refractivity contribution is 0.448. The van der Waals surface area contributed by atoms with E-state index in [1.165, 1.54) is 0 Å². The van der Waals surface area contributed by atoms with E-state index in [9.17, 15) is 5.11 Å². The predicted octanol–water partition coefficient (Wildman–Crippen LogP) is 1.31. The minimum absolute atomic E-state index is 0.0211. The van der Waals surface area contributed by atoms with Crippen molar-refractivity contribution in [2.45, 2.75) is 20.3 Å². The van der Waals surface area contributed by atoms with Gasteiger partial charge in [0.2, 0.25) is 5.88 Å². The van der Waals surface area contributed by atoms with Gasteiger partial charge in [0.1, 0.15) is 0 Å². The number of hydrogen-bond acceptors (Lipinski definition) is 3. The van der Waals surface area contributed by atoms with Crippen LogP contribution in [0.5, 0.6) is 5.88 Å². The van der Waals surface area contributed by atoms with Crippen LogP contribution in [0.3, 0.4) is 0 Å². The number of hydrogen-bond donors (Lipinski definition) is 1. The summed E-state index contributed by atoms with van der Waals surface area (Å²) in [5.41, 5.74) is 2.71. The van der Waals surface area contributed by atoms with Crippen LogP contribution in [0.4, 0.5) is 0 Å². The zero-order chi connectivity index (χ0) is 9.42. The summed E-state index contributed by atoms with van der Waals surface area (Å²) in [6.07, 6.45) is 0.876. The van der Waals surface area contributed by atoms with Crippen LogP contribution in [0.2, 0.25) is 0 Å². The second kappa shape index (κ2) is 2.73. The van der Waals surface area contributed by atoms with Crippen molar-refractivity contribution >= 4 is 5.65 Å². The van der Waals surface area contributed by atoms with Gasteiger partial charge in [0.15, 0.2) is 5.65 Å². The molecule has 0 bridgehead atoms. The molecule has 1 N–H and O–H groups in total. The number of aryl methyl sites for hydroxylation is 2. The smallest absolute Gasteiger partial charge is 0.233 e. The zero-order valence-corrected chi connectivity index (χ0v) is 7.65. The normalized spacial score (nSPS) is 10.9. The largest absolute Gasteiger partial charge is 0.492 e.